The fourth-order valence-corrected chi connectivity index (χ4v) is 2.00. The SMILES string of the molecule is CC(=O)c1cccc(OCC(=O)c2ccc(Cl)c(Cl)c2)c1. The van der Waals surface area contributed by atoms with E-state index in [1.165, 1.54) is 13.0 Å². The van der Waals surface area contributed by atoms with Crippen LogP contribution in [0.3, 0.4) is 0 Å². The van der Waals surface area contributed by atoms with Gasteiger partial charge in [-0.25, -0.2) is 0 Å². The summed E-state index contributed by atoms with van der Waals surface area (Å²) in [6.07, 6.45) is 0. The van der Waals surface area contributed by atoms with E-state index in [1.54, 1.807) is 36.4 Å². The van der Waals surface area contributed by atoms with Crippen molar-refractivity contribution in [3.8, 4) is 5.75 Å². The largest absolute Gasteiger partial charge is 0.485 e. The number of rotatable bonds is 5. The highest BCUT2D eigenvalue weighted by Crippen LogP contribution is 2.23. The molecule has 0 aliphatic rings. The minimum Gasteiger partial charge on any atom is -0.485 e. The highest BCUT2D eigenvalue weighted by Gasteiger charge is 2.10. The van der Waals surface area contributed by atoms with E-state index in [0.29, 0.717) is 26.9 Å². The van der Waals surface area contributed by atoms with E-state index in [4.69, 9.17) is 27.9 Å². The minimum atomic E-state index is -0.221. The smallest absolute Gasteiger partial charge is 0.200 e. The maximum Gasteiger partial charge on any atom is 0.200 e. The Hall–Kier alpha value is -1.84. The summed E-state index contributed by atoms with van der Waals surface area (Å²) in [4.78, 5) is 23.3. The summed E-state index contributed by atoms with van der Waals surface area (Å²) in [5, 5.41) is 0.712. The highest BCUT2D eigenvalue weighted by atomic mass is 35.5. The molecule has 0 saturated heterocycles. The van der Waals surface area contributed by atoms with E-state index < -0.39 is 0 Å². The highest BCUT2D eigenvalue weighted by molar-refractivity contribution is 6.42. The van der Waals surface area contributed by atoms with Crippen LogP contribution in [0.5, 0.6) is 5.75 Å². The molecule has 2 rings (SSSR count). The molecule has 21 heavy (non-hydrogen) atoms. The summed E-state index contributed by atoms with van der Waals surface area (Å²) in [5.74, 6) is 0.189. The number of hydrogen-bond acceptors (Lipinski definition) is 3. The third kappa shape index (κ3) is 4.06. The number of ketones is 2. The molecule has 0 aromatic heterocycles. The van der Waals surface area contributed by atoms with Gasteiger partial charge >= 0.3 is 0 Å². The zero-order valence-corrected chi connectivity index (χ0v) is 12.7. The average Bonchev–Trinajstić information content (AvgIpc) is 2.48. The Balaban J connectivity index is 2.05. The lowest BCUT2D eigenvalue weighted by Crippen LogP contribution is -2.11. The Morgan fingerprint density at radius 1 is 1.00 bits per heavy atom. The fraction of sp³-hybridized carbons (Fsp3) is 0.125. The van der Waals surface area contributed by atoms with Gasteiger partial charge < -0.3 is 4.74 Å². The van der Waals surface area contributed by atoms with Crippen LogP contribution < -0.4 is 4.74 Å². The van der Waals surface area contributed by atoms with Gasteiger partial charge in [-0.05, 0) is 37.3 Å². The number of hydrogen-bond donors (Lipinski definition) is 0. The van der Waals surface area contributed by atoms with E-state index >= 15 is 0 Å². The predicted octanol–water partition coefficient (Wildman–Crippen LogP) is 4.46. The standard InChI is InChI=1S/C16H12Cl2O3/c1-10(19)11-3-2-4-13(7-11)21-9-16(20)12-5-6-14(17)15(18)8-12/h2-8H,9H2,1H3. The van der Waals surface area contributed by atoms with Crippen molar-refractivity contribution in [3.63, 3.8) is 0 Å². The Morgan fingerprint density at radius 3 is 2.43 bits per heavy atom. The molecule has 2 aromatic carbocycles. The molecular weight excluding hydrogens is 311 g/mol. The van der Waals surface area contributed by atoms with Gasteiger partial charge in [0.15, 0.2) is 18.2 Å². The van der Waals surface area contributed by atoms with Gasteiger partial charge in [-0.15, -0.1) is 0 Å². The van der Waals surface area contributed by atoms with Gasteiger partial charge in [-0.1, -0.05) is 35.3 Å². The van der Waals surface area contributed by atoms with Crippen LogP contribution in [0.25, 0.3) is 0 Å². The first-order chi connectivity index (χ1) is 9.97. The van der Waals surface area contributed by atoms with Crippen molar-refractivity contribution in [3.05, 3.63) is 63.6 Å². The van der Waals surface area contributed by atoms with E-state index in [-0.39, 0.29) is 18.2 Å². The van der Waals surface area contributed by atoms with Crippen molar-refractivity contribution in [1.82, 2.24) is 0 Å². The quantitative estimate of drug-likeness (QED) is 0.763. The van der Waals surface area contributed by atoms with Gasteiger partial charge in [0.05, 0.1) is 10.0 Å². The van der Waals surface area contributed by atoms with Crippen LogP contribution in [-0.4, -0.2) is 18.2 Å². The fourth-order valence-electron chi connectivity index (χ4n) is 1.71. The first-order valence-electron chi connectivity index (χ1n) is 6.19. The van der Waals surface area contributed by atoms with Gasteiger partial charge in [0, 0.05) is 11.1 Å². The van der Waals surface area contributed by atoms with Crippen LogP contribution in [0.1, 0.15) is 27.6 Å². The third-order valence-corrected chi connectivity index (χ3v) is 3.59. The molecule has 0 saturated carbocycles. The average molecular weight is 323 g/mol. The lowest BCUT2D eigenvalue weighted by molar-refractivity contribution is 0.0921. The van der Waals surface area contributed by atoms with E-state index in [9.17, 15) is 9.59 Å². The molecule has 0 atom stereocenters. The molecule has 0 unspecified atom stereocenters. The van der Waals surface area contributed by atoms with E-state index in [1.807, 2.05) is 0 Å². The van der Waals surface area contributed by atoms with E-state index in [2.05, 4.69) is 0 Å². The lowest BCUT2D eigenvalue weighted by Gasteiger charge is -2.07. The van der Waals surface area contributed by atoms with Crippen LogP contribution in [0, 0.1) is 0 Å². The minimum absolute atomic E-state index is 0.0590. The Labute approximate surface area is 132 Å². The summed E-state index contributed by atoms with van der Waals surface area (Å²) >= 11 is 11.7. The number of carbonyl (C=O) groups excluding carboxylic acids is 2. The van der Waals surface area contributed by atoms with Crippen LogP contribution in [0.4, 0.5) is 0 Å². The first-order valence-corrected chi connectivity index (χ1v) is 6.95. The summed E-state index contributed by atoms with van der Waals surface area (Å²) in [5.41, 5.74) is 0.960. The molecule has 0 heterocycles. The van der Waals surface area contributed by atoms with E-state index in [0.717, 1.165) is 0 Å². The van der Waals surface area contributed by atoms with Gasteiger partial charge in [-0.2, -0.15) is 0 Å². The molecule has 0 radical (unpaired) electrons. The van der Waals surface area contributed by atoms with Crippen molar-refractivity contribution in [2.75, 3.05) is 6.61 Å². The molecule has 0 N–H and O–H groups in total. The number of benzene rings is 2. The van der Waals surface area contributed by atoms with Crippen molar-refractivity contribution in [2.24, 2.45) is 0 Å². The zero-order valence-electron chi connectivity index (χ0n) is 11.2. The van der Waals surface area contributed by atoms with Crippen LogP contribution in [0.2, 0.25) is 10.0 Å². The van der Waals surface area contributed by atoms with Gasteiger partial charge in [0.2, 0.25) is 0 Å². The first kappa shape index (κ1) is 15.5. The molecule has 0 amide bonds. The van der Waals surface area contributed by atoms with Crippen molar-refractivity contribution < 1.29 is 14.3 Å². The van der Waals surface area contributed by atoms with Gasteiger partial charge in [0.1, 0.15) is 5.75 Å². The summed E-state index contributed by atoms with van der Waals surface area (Å²) in [7, 11) is 0. The molecule has 0 spiro atoms. The molecule has 2 aromatic rings. The summed E-state index contributed by atoms with van der Waals surface area (Å²) in [6.45, 7) is 1.33. The monoisotopic (exact) mass is 322 g/mol. The Kier molecular flexibility index (Phi) is 4.99. The maximum atomic E-state index is 12.0. The second kappa shape index (κ2) is 6.74. The molecule has 108 valence electrons. The number of Topliss-reactive ketones (excluding diaryl/α,β-unsaturated/α-hetero) is 2. The van der Waals surface area contributed by atoms with Crippen LogP contribution >= 0.6 is 23.2 Å². The Bertz CT molecular complexity index is 696. The molecule has 3 nitrogen and oxygen atoms in total. The molecule has 0 fully saturated rings. The molecule has 0 aliphatic heterocycles. The van der Waals surface area contributed by atoms with Crippen LogP contribution in [-0.2, 0) is 0 Å². The van der Waals surface area contributed by atoms with Crippen molar-refractivity contribution >= 4 is 34.8 Å². The molecule has 0 bridgehead atoms. The van der Waals surface area contributed by atoms with Crippen molar-refractivity contribution in [1.29, 1.82) is 0 Å². The zero-order chi connectivity index (χ0) is 15.4. The van der Waals surface area contributed by atoms with Gasteiger partial charge in [0.25, 0.3) is 0 Å². The second-order valence-corrected chi connectivity index (χ2v) is 5.24. The predicted molar refractivity (Wildman–Crippen MR) is 82.7 cm³/mol. The number of ether oxygens (including phenoxy) is 1. The number of carbonyl (C=O) groups is 2. The third-order valence-electron chi connectivity index (χ3n) is 2.85. The molecule has 5 heteroatoms. The molecular formula is C16H12Cl2O3. The van der Waals surface area contributed by atoms with Crippen LogP contribution in [0.15, 0.2) is 42.5 Å². The number of halogens is 2. The second-order valence-electron chi connectivity index (χ2n) is 4.42. The van der Waals surface area contributed by atoms with Crippen molar-refractivity contribution in [2.45, 2.75) is 6.92 Å². The topological polar surface area (TPSA) is 43.4 Å². The lowest BCUT2D eigenvalue weighted by atomic mass is 10.1. The summed E-state index contributed by atoms with van der Waals surface area (Å²) in [6, 6.07) is 11.3. The normalized spacial score (nSPS) is 10.2. The maximum absolute atomic E-state index is 12.0. The Morgan fingerprint density at radius 2 is 1.76 bits per heavy atom. The molecule has 0 aliphatic carbocycles. The summed E-state index contributed by atoms with van der Waals surface area (Å²) < 4.78 is 5.41. The van der Waals surface area contributed by atoms with Gasteiger partial charge in [-0.3, -0.25) is 9.59 Å².